The van der Waals surface area contributed by atoms with E-state index in [1.165, 1.54) is 23.9 Å². The van der Waals surface area contributed by atoms with Crippen LogP contribution in [0.4, 0.5) is 10.2 Å². The van der Waals surface area contributed by atoms with Crippen molar-refractivity contribution in [3.05, 3.63) is 52.5 Å². The number of aromatic nitrogens is 1. The first-order valence-electron chi connectivity index (χ1n) is 9.44. The van der Waals surface area contributed by atoms with Gasteiger partial charge in [0.05, 0.1) is 16.0 Å². The van der Waals surface area contributed by atoms with Gasteiger partial charge in [0.2, 0.25) is 10.0 Å². The third-order valence-corrected chi connectivity index (χ3v) is 6.88. The number of anilines is 1. The highest BCUT2D eigenvalue weighted by molar-refractivity contribution is 7.89. The highest BCUT2D eigenvalue weighted by atomic mass is 32.2. The predicted octanol–water partition coefficient (Wildman–Crippen LogP) is 0.953. The number of amides is 2. The molecule has 0 saturated carbocycles. The lowest BCUT2D eigenvalue weighted by atomic mass is 10.0. The number of halogens is 1. The van der Waals surface area contributed by atoms with Crippen molar-refractivity contribution in [2.45, 2.75) is 17.9 Å². The number of pyridine rings is 1. The Kier molecular flexibility index (Phi) is 6.01. The van der Waals surface area contributed by atoms with Gasteiger partial charge in [0.1, 0.15) is 11.6 Å². The van der Waals surface area contributed by atoms with Gasteiger partial charge in [0.25, 0.3) is 11.8 Å². The quantitative estimate of drug-likeness (QED) is 0.743. The van der Waals surface area contributed by atoms with Crippen molar-refractivity contribution in [1.29, 1.82) is 0 Å². The standard InChI is InChI=1S/C20H24FN5O4S/c1-24(2)19(27)15-9-12-11-26(8-7-17(12)23-18(15)22)20(28)14-10-13(5-6-16(14)21)31(29,30)25(3)4/h5-6,9-10H,7-8,11H2,1-4H3,(H2,22,23). The van der Waals surface area contributed by atoms with Crippen LogP contribution in [0, 0.1) is 5.82 Å². The third-order valence-electron chi connectivity index (χ3n) is 5.07. The summed E-state index contributed by atoms with van der Waals surface area (Å²) in [4.78, 5) is 32.3. The van der Waals surface area contributed by atoms with Gasteiger partial charge in [0, 0.05) is 53.4 Å². The fraction of sp³-hybridized carbons (Fsp3) is 0.350. The molecule has 3 rings (SSSR count). The average Bonchev–Trinajstić information content (AvgIpc) is 2.71. The molecule has 0 bridgehead atoms. The molecule has 0 spiro atoms. The van der Waals surface area contributed by atoms with Crippen LogP contribution < -0.4 is 5.73 Å². The van der Waals surface area contributed by atoms with Gasteiger partial charge in [-0.05, 0) is 29.8 Å². The lowest BCUT2D eigenvalue weighted by Crippen LogP contribution is -2.37. The molecule has 1 aromatic carbocycles. The van der Waals surface area contributed by atoms with E-state index in [9.17, 15) is 22.4 Å². The van der Waals surface area contributed by atoms with Crippen LogP contribution in [-0.2, 0) is 23.0 Å². The Labute approximate surface area is 180 Å². The molecule has 0 fully saturated rings. The van der Waals surface area contributed by atoms with Crippen molar-refractivity contribution in [3.8, 4) is 0 Å². The Morgan fingerprint density at radius 1 is 1.13 bits per heavy atom. The summed E-state index contributed by atoms with van der Waals surface area (Å²) in [6.07, 6.45) is 0.374. The summed E-state index contributed by atoms with van der Waals surface area (Å²) in [6, 6.07) is 4.74. The minimum Gasteiger partial charge on any atom is -0.383 e. The maximum atomic E-state index is 14.4. The number of hydrogen-bond donors (Lipinski definition) is 1. The topological polar surface area (TPSA) is 117 Å². The van der Waals surface area contributed by atoms with Crippen LogP contribution in [-0.4, -0.2) is 74.1 Å². The van der Waals surface area contributed by atoms with Crippen LogP contribution in [0.1, 0.15) is 32.0 Å². The fourth-order valence-corrected chi connectivity index (χ4v) is 4.21. The first-order valence-corrected chi connectivity index (χ1v) is 10.9. The van der Waals surface area contributed by atoms with Crippen molar-refractivity contribution in [2.75, 3.05) is 40.5 Å². The Balaban J connectivity index is 1.94. The van der Waals surface area contributed by atoms with Crippen LogP contribution in [0.2, 0.25) is 0 Å². The van der Waals surface area contributed by atoms with Gasteiger partial charge in [-0.3, -0.25) is 9.59 Å². The Morgan fingerprint density at radius 3 is 2.42 bits per heavy atom. The first kappa shape index (κ1) is 22.6. The van der Waals surface area contributed by atoms with Gasteiger partial charge in [-0.2, -0.15) is 0 Å². The molecule has 166 valence electrons. The molecule has 2 heterocycles. The number of carbonyl (C=O) groups excluding carboxylic acids is 2. The second kappa shape index (κ2) is 8.23. The van der Waals surface area contributed by atoms with E-state index in [0.29, 0.717) is 17.7 Å². The number of carbonyl (C=O) groups is 2. The molecule has 1 aliphatic rings. The molecule has 0 saturated heterocycles. The van der Waals surface area contributed by atoms with Crippen molar-refractivity contribution in [2.24, 2.45) is 0 Å². The van der Waals surface area contributed by atoms with Crippen molar-refractivity contribution in [1.82, 2.24) is 19.1 Å². The number of benzene rings is 1. The lowest BCUT2D eigenvalue weighted by Gasteiger charge is -2.29. The maximum Gasteiger partial charge on any atom is 0.257 e. The molecule has 2 amide bonds. The van der Waals surface area contributed by atoms with E-state index in [-0.39, 0.29) is 40.8 Å². The lowest BCUT2D eigenvalue weighted by molar-refractivity contribution is 0.0728. The van der Waals surface area contributed by atoms with Gasteiger partial charge >= 0.3 is 0 Å². The first-order chi connectivity index (χ1) is 14.4. The molecule has 1 aliphatic heterocycles. The predicted molar refractivity (Wildman–Crippen MR) is 112 cm³/mol. The molecule has 2 N–H and O–H groups in total. The zero-order valence-corrected chi connectivity index (χ0v) is 18.5. The minimum absolute atomic E-state index is 0.0965. The van der Waals surface area contributed by atoms with E-state index in [4.69, 9.17) is 5.73 Å². The summed E-state index contributed by atoms with van der Waals surface area (Å²) in [5, 5.41) is 0. The number of nitrogen functional groups attached to an aromatic ring is 1. The Hall–Kier alpha value is -3.05. The number of nitrogens with zero attached hydrogens (tertiary/aromatic N) is 4. The Morgan fingerprint density at radius 2 is 1.81 bits per heavy atom. The Bertz CT molecular complexity index is 1160. The smallest absolute Gasteiger partial charge is 0.257 e. The number of hydrogen-bond acceptors (Lipinski definition) is 6. The summed E-state index contributed by atoms with van der Waals surface area (Å²) < 4.78 is 40.2. The highest BCUT2D eigenvalue weighted by Crippen LogP contribution is 2.25. The molecular formula is C20H24FN5O4S. The monoisotopic (exact) mass is 449 g/mol. The van der Waals surface area contributed by atoms with Crippen molar-refractivity contribution < 1.29 is 22.4 Å². The number of fused-ring (bicyclic) bond motifs is 1. The molecule has 9 nitrogen and oxygen atoms in total. The van der Waals surface area contributed by atoms with Crippen molar-refractivity contribution in [3.63, 3.8) is 0 Å². The largest absolute Gasteiger partial charge is 0.383 e. The average molecular weight is 450 g/mol. The molecule has 2 aromatic rings. The second-order valence-electron chi connectivity index (χ2n) is 7.63. The van der Waals surface area contributed by atoms with Gasteiger partial charge in [0.15, 0.2) is 0 Å². The molecule has 1 aromatic heterocycles. The summed E-state index contributed by atoms with van der Waals surface area (Å²) >= 11 is 0. The van der Waals surface area contributed by atoms with Crippen LogP contribution in [0.5, 0.6) is 0 Å². The number of sulfonamides is 1. The molecule has 31 heavy (non-hydrogen) atoms. The SMILES string of the molecule is CN(C)C(=O)c1cc2c(nc1N)CCN(C(=O)c1cc(S(=O)(=O)N(C)C)ccc1F)C2. The van der Waals surface area contributed by atoms with Gasteiger partial charge in [-0.15, -0.1) is 0 Å². The van der Waals surface area contributed by atoms with Crippen LogP contribution in [0.3, 0.4) is 0 Å². The normalized spacial score (nSPS) is 13.8. The third kappa shape index (κ3) is 4.23. The van der Waals surface area contributed by atoms with Crippen LogP contribution in [0.25, 0.3) is 0 Å². The second-order valence-corrected chi connectivity index (χ2v) is 9.78. The van der Waals surface area contributed by atoms with E-state index >= 15 is 0 Å². The highest BCUT2D eigenvalue weighted by Gasteiger charge is 2.28. The summed E-state index contributed by atoms with van der Waals surface area (Å²) in [5.41, 5.74) is 7.12. The summed E-state index contributed by atoms with van der Waals surface area (Å²) in [7, 11) is 2.06. The van der Waals surface area contributed by atoms with E-state index in [0.717, 1.165) is 22.5 Å². The van der Waals surface area contributed by atoms with Gasteiger partial charge in [-0.1, -0.05) is 0 Å². The number of rotatable bonds is 4. The van der Waals surface area contributed by atoms with Crippen molar-refractivity contribution >= 4 is 27.7 Å². The van der Waals surface area contributed by atoms with Crippen LogP contribution >= 0.6 is 0 Å². The molecular weight excluding hydrogens is 425 g/mol. The van der Waals surface area contributed by atoms with E-state index in [2.05, 4.69) is 4.98 Å². The number of nitrogens with two attached hydrogens (primary N) is 1. The van der Waals surface area contributed by atoms with E-state index < -0.39 is 21.7 Å². The van der Waals surface area contributed by atoms with E-state index in [1.807, 2.05) is 0 Å². The van der Waals surface area contributed by atoms with Gasteiger partial charge in [-0.25, -0.2) is 22.1 Å². The minimum atomic E-state index is -3.83. The summed E-state index contributed by atoms with van der Waals surface area (Å²) in [6.45, 7) is 0.350. The zero-order chi connectivity index (χ0) is 23.1. The molecule has 0 radical (unpaired) electrons. The molecule has 0 aliphatic carbocycles. The van der Waals surface area contributed by atoms with Crippen LogP contribution in [0.15, 0.2) is 29.2 Å². The van der Waals surface area contributed by atoms with E-state index in [1.54, 1.807) is 20.2 Å². The fourth-order valence-electron chi connectivity index (χ4n) is 3.28. The van der Waals surface area contributed by atoms with Gasteiger partial charge < -0.3 is 15.5 Å². The zero-order valence-electron chi connectivity index (χ0n) is 17.7. The summed E-state index contributed by atoms with van der Waals surface area (Å²) in [5.74, 6) is -1.66. The molecule has 0 atom stereocenters. The molecule has 0 unspecified atom stereocenters. The molecule has 11 heteroatoms. The maximum absolute atomic E-state index is 14.4.